The largest absolute Gasteiger partial charge is 0.309 e. The van der Waals surface area contributed by atoms with Crippen molar-refractivity contribution in [2.45, 2.75) is 13.8 Å². The Morgan fingerprint density at radius 1 is 0.333 bits per heavy atom. The first kappa shape index (κ1) is 29.2. The fraction of sp³-hybridized carbons (Fsp3) is 0.0435. The lowest BCUT2D eigenvalue weighted by molar-refractivity contribution is 0.951. The molecule has 0 saturated carbocycles. The van der Waals surface area contributed by atoms with Crippen LogP contribution in [0, 0.1) is 13.8 Å². The summed E-state index contributed by atoms with van der Waals surface area (Å²) in [6.07, 6.45) is 0. The van der Waals surface area contributed by atoms with E-state index >= 15 is 9.59 Å². The van der Waals surface area contributed by atoms with Crippen molar-refractivity contribution in [3.8, 4) is 17.1 Å². The minimum atomic E-state index is -0.337. The minimum absolute atomic E-state index is 0.337. The van der Waals surface area contributed by atoms with Crippen molar-refractivity contribution in [2.75, 3.05) is 0 Å². The Labute approximate surface area is 292 Å². The van der Waals surface area contributed by atoms with Gasteiger partial charge in [0.1, 0.15) is 0 Å². The molecule has 0 aliphatic carbocycles. The molecule has 51 heavy (non-hydrogen) atoms. The average Bonchev–Trinajstić information content (AvgIpc) is 3.65. The number of nitrogens with zero attached hydrogens (tertiary/aromatic N) is 3. The van der Waals surface area contributed by atoms with Gasteiger partial charge in [-0.15, -0.1) is 0 Å². The maximum atomic E-state index is 15.2. The smallest absolute Gasteiger partial charge is 0.266 e. The number of rotatable bonds is 3. The SMILES string of the molecule is Cc1cccc(C)c1-n1c(=O)c2cc3c(cc2c2cc4c5ccccc5n(-c5ccccc5)c4cc2c1=O)c1ccccc1n3-c1ccccc1. The molecule has 10 rings (SSSR count). The molecule has 0 aliphatic rings. The third-order valence-corrected chi connectivity index (χ3v) is 10.5. The van der Waals surface area contributed by atoms with Gasteiger partial charge < -0.3 is 9.13 Å². The number of aromatic nitrogens is 3. The second-order valence-corrected chi connectivity index (χ2v) is 13.4. The van der Waals surface area contributed by atoms with Crippen molar-refractivity contribution < 1.29 is 0 Å². The van der Waals surface area contributed by atoms with Crippen LogP contribution in [0.4, 0.5) is 0 Å². The van der Waals surface area contributed by atoms with E-state index in [9.17, 15) is 0 Å². The Kier molecular flexibility index (Phi) is 6.24. The van der Waals surface area contributed by atoms with E-state index in [0.29, 0.717) is 16.5 Å². The predicted octanol–water partition coefficient (Wildman–Crippen LogP) is 10.3. The summed E-state index contributed by atoms with van der Waals surface area (Å²) in [6.45, 7) is 3.92. The van der Waals surface area contributed by atoms with Gasteiger partial charge in [-0.3, -0.25) is 9.59 Å². The maximum Gasteiger partial charge on any atom is 0.266 e. The van der Waals surface area contributed by atoms with E-state index in [-0.39, 0.29) is 11.1 Å². The Hall–Kier alpha value is -6.72. The molecule has 7 aromatic carbocycles. The molecule has 3 aromatic heterocycles. The molecule has 0 unspecified atom stereocenters. The summed E-state index contributed by atoms with van der Waals surface area (Å²) in [6, 6.07) is 51.3. The second-order valence-electron chi connectivity index (χ2n) is 13.4. The van der Waals surface area contributed by atoms with Crippen LogP contribution in [-0.2, 0) is 0 Å². The first-order valence-electron chi connectivity index (χ1n) is 17.2. The standard InChI is InChI=1S/C46H31N3O2/c1-28-14-13-15-29(2)44(28)49-45(50)38-26-42-36(32-20-9-11-22-40(32)47(42)30-16-5-3-6-17-30)24-34(38)35-25-37-33-21-10-12-23-41(33)48(31-18-7-4-8-19-31)43(37)27-39(35)46(49)51/h3-27H,1-2H3. The van der Waals surface area contributed by atoms with Crippen molar-refractivity contribution in [3.63, 3.8) is 0 Å². The second kappa shape index (κ2) is 10.9. The summed E-state index contributed by atoms with van der Waals surface area (Å²) < 4.78 is 5.84. The molecular formula is C46H31N3O2. The van der Waals surface area contributed by atoms with Crippen LogP contribution in [0.5, 0.6) is 0 Å². The molecule has 0 saturated heterocycles. The fourth-order valence-electron chi connectivity index (χ4n) is 8.23. The predicted molar refractivity (Wildman–Crippen MR) is 211 cm³/mol. The lowest BCUT2D eigenvalue weighted by Crippen LogP contribution is -2.29. The zero-order valence-corrected chi connectivity index (χ0v) is 28.1. The van der Waals surface area contributed by atoms with Gasteiger partial charge in [0.25, 0.3) is 11.1 Å². The molecule has 0 aliphatic heterocycles. The van der Waals surface area contributed by atoms with Gasteiger partial charge in [-0.25, -0.2) is 4.57 Å². The summed E-state index contributed by atoms with van der Waals surface area (Å²) in [5, 5.41) is 6.68. The van der Waals surface area contributed by atoms with Gasteiger partial charge in [0.15, 0.2) is 0 Å². The van der Waals surface area contributed by atoms with E-state index in [0.717, 1.165) is 76.9 Å². The molecule has 242 valence electrons. The maximum absolute atomic E-state index is 15.2. The van der Waals surface area contributed by atoms with Crippen LogP contribution in [0.3, 0.4) is 0 Å². The van der Waals surface area contributed by atoms with Crippen molar-refractivity contribution in [3.05, 3.63) is 183 Å². The van der Waals surface area contributed by atoms with Crippen LogP contribution in [0.15, 0.2) is 161 Å². The van der Waals surface area contributed by atoms with Gasteiger partial charge in [-0.05, 0) is 96.4 Å². The third-order valence-electron chi connectivity index (χ3n) is 10.5. The van der Waals surface area contributed by atoms with Crippen LogP contribution in [0.2, 0.25) is 0 Å². The molecular weight excluding hydrogens is 627 g/mol. The van der Waals surface area contributed by atoms with Gasteiger partial charge in [0.05, 0.1) is 38.5 Å². The summed E-state index contributed by atoms with van der Waals surface area (Å²) in [4.78, 5) is 30.3. The quantitative estimate of drug-likeness (QED) is 0.190. The number of fused-ring (bicyclic) bond motifs is 9. The number of benzene rings is 7. The van der Waals surface area contributed by atoms with Crippen LogP contribution in [-0.4, -0.2) is 13.7 Å². The molecule has 5 heteroatoms. The fourth-order valence-corrected chi connectivity index (χ4v) is 8.23. The summed E-state index contributed by atoms with van der Waals surface area (Å²) in [5.41, 5.74) is 7.60. The monoisotopic (exact) mass is 657 g/mol. The van der Waals surface area contributed by atoms with Crippen LogP contribution in [0.1, 0.15) is 11.1 Å². The molecule has 0 radical (unpaired) electrons. The summed E-state index contributed by atoms with van der Waals surface area (Å²) in [5.74, 6) is 0. The lowest BCUT2D eigenvalue weighted by atomic mass is 10.0. The lowest BCUT2D eigenvalue weighted by Gasteiger charge is -2.11. The molecule has 0 spiro atoms. The van der Waals surface area contributed by atoms with E-state index in [1.807, 2.05) is 92.7 Å². The number of aryl methyl sites for hydroxylation is 2. The van der Waals surface area contributed by atoms with Crippen molar-refractivity contribution in [1.29, 1.82) is 0 Å². The number of para-hydroxylation sites is 5. The van der Waals surface area contributed by atoms with Gasteiger partial charge >= 0.3 is 0 Å². The molecule has 10 aromatic rings. The third kappa shape index (κ3) is 4.15. The number of hydrogen-bond acceptors (Lipinski definition) is 2. The summed E-state index contributed by atoms with van der Waals surface area (Å²) in [7, 11) is 0. The highest BCUT2D eigenvalue weighted by atomic mass is 16.2. The Balaban J connectivity index is 1.48. The molecule has 0 atom stereocenters. The molecule has 0 fully saturated rings. The highest BCUT2D eigenvalue weighted by Crippen LogP contribution is 2.39. The Morgan fingerprint density at radius 3 is 1.20 bits per heavy atom. The molecule has 0 amide bonds. The van der Waals surface area contributed by atoms with Crippen LogP contribution >= 0.6 is 0 Å². The summed E-state index contributed by atoms with van der Waals surface area (Å²) >= 11 is 0. The first-order valence-corrected chi connectivity index (χ1v) is 17.2. The van der Waals surface area contributed by atoms with Crippen molar-refractivity contribution >= 4 is 65.2 Å². The normalized spacial score (nSPS) is 11.9. The van der Waals surface area contributed by atoms with E-state index in [1.165, 1.54) is 4.57 Å². The molecule has 0 N–H and O–H groups in total. The average molecular weight is 658 g/mol. The van der Waals surface area contributed by atoms with Gasteiger partial charge in [-0.1, -0.05) is 91.0 Å². The zero-order valence-electron chi connectivity index (χ0n) is 28.1. The molecule has 5 nitrogen and oxygen atoms in total. The minimum Gasteiger partial charge on any atom is -0.309 e. The number of hydrogen-bond donors (Lipinski definition) is 0. The van der Waals surface area contributed by atoms with Gasteiger partial charge in [0, 0.05) is 32.9 Å². The van der Waals surface area contributed by atoms with Gasteiger partial charge in [-0.2, -0.15) is 0 Å². The van der Waals surface area contributed by atoms with E-state index in [2.05, 4.69) is 81.9 Å². The first-order chi connectivity index (χ1) is 25.0. The van der Waals surface area contributed by atoms with E-state index < -0.39 is 0 Å². The van der Waals surface area contributed by atoms with Crippen molar-refractivity contribution in [2.24, 2.45) is 0 Å². The zero-order chi connectivity index (χ0) is 34.4. The van der Waals surface area contributed by atoms with E-state index in [4.69, 9.17) is 0 Å². The van der Waals surface area contributed by atoms with Crippen LogP contribution < -0.4 is 11.1 Å². The Morgan fingerprint density at radius 2 is 0.745 bits per heavy atom. The Bertz CT molecular complexity index is 2980. The van der Waals surface area contributed by atoms with Crippen LogP contribution in [0.25, 0.3) is 82.2 Å². The highest BCUT2D eigenvalue weighted by molar-refractivity contribution is 6.21. The van der Waals surface area contributed by atoms with Crippen molar-refractivity contribution in [1.82, 2.24) is 13.7 Å². The molecule has 3 heterocycles. The van der Waals surface area contributed by atoms with Gasteiger partial charge in [0.2, 0.25) is 0 Å². The topological polar surface area (TPSA) is 48.9 Å². The highest BCUT2D eigenvalue weighted by Gasteiger charge is 2.21. The molecule has 0 bridgehead atoms. The van der Waals surface area contributed by atoms with E-state index in [1.54, 1.807) is 0 Å².